The molecular formula is C10H10O2. The summed E-state index contributed by atoms with van der Waals surface area (Å²) in [5.41, 5.74) is 1.94. The van der Waals surface area contributed by atoms with Crippen LogP contribution in [-0.4, -0.2) is 5.11 Å². The quantitative estimate of drug-likeness (QED) is 0.699. The second kappa shape index (κ2) is 2.55. The van der Waals surface area contributed by atoms with Gasteiger partial charge in [-0.2, -0.15) is 0 Å². The van der Waals surface area contributed by atoms with Crippen molar-refractivity contribution in [1.82, 2.24) is 0 Å². The lowest BCUT2D eigenvalue weighted by atomic mass is 10.1. The van der Waals surface area contributed by atoms with Crippen molar-refractivity contribution in [3.63, 3.8) is 0 Å². The molecule has 0 amide bonds. The standard InChI is InChI=1S/C10H10O2/c1-2-7-5-9(11)6-8-3-4-12-10(7)8/h3-6,11H,2H2,1H3. The summed E-state index contributed by atoms with van der Waals surface area (Å²) in [5, 5.41) is 10.3. The fraction of sp³-hybridized carbons (Fsp3) is 0.200. The summed E-state index contributed by atoms with van der Waals surface area (Å²) in [7, 11) is 0. The maximum absolute atomic E-state index is 9.32. The van der Waals surface area contributed by atoms with Gasteiger partial charge in [0.2, 0.25) is 0 Å². The third-order valence-electron chi connectivity index (χ3n) is 1.99. The van der Waals surface area contributed by atoms with Crippen LogP contribution in [0.5, 0.6) is 5.75 Å². The first-order valence-electron chi connectivity index (χ1n) is 4.00. The number of hydrogen-bond donors (Lipinski definition) is 1. The second-order valence-electron chi connectivity index (χ2n) is 2.80. The average Bonchev–Trinajstić information content (AvgIpc) is 2.50. The normalized spacial score (nSPS) is 10.8. The van der Waals surface area contributed by atoms with Gasteiger partial charge in [-0.15, -0.1) is 0 Å². The number of aryl methyl sites for hydroxylation is 1. The van der Waals surface area contributed by atoms with E-state index in [1.807, 2.05) is 13.0 Å². The van der Waals surface area contributed by atoms with Crippen LogP contribution in [0.15, 0.2) is 28.9 Å². The van der Waals surface area contributed by atoms with Crippen LogP contribution >= 0.6 is 0 Å². The summed E-state index contributed by atoms with van der Waals surface area (Å²) in [6, 6.07) is 5.30. The zero-order valence-electron chi connectivity index (χ0n) is 6.87. The van der Waals surface area contributed by atoms with Gasteiger partial charge >= 0.3 is 0 Å². The molecule has 12 heavy (non-hydrogen) atoms. The largest absolute Gasteiger partial charge is 0.508 e. The van der Waals surface area contributed by atoms with Gasteiger partial charge in [-0.05, 0) is 30.2 Å². The van der Waals surface area contributed by atoms with Gasteiger partial charge in [0.15, 0.2) is 0 Å². The molecule has 0 bridgehead atoms. The van der Waals surface area contributed by atoms with Crippen LogP contribution in [0.25, 0.3) is 11.0 Å². The number of aromatic hydroxyl groups is 1. The highest BCUT2D eigenvalue weighted by atomic mass is 16.3. The Labute approximate surface area is 70.4 Å². The number of fused-ring (bicyclic) bond motifs is 1. The number of furan rings is 1. The molecule has 0 aliphatic heterocycles. The number of hydrogen-bond acceptors (Lipinski definition) is 2. The fourth-order valence-electron chi connectivity index (χ4n) is 1.40. The van der Waals surface area contributed by atoms with Gasteiger partial charge in [0, 0.05) is 5.39 Å². The van der Waals surface area contributed by atoms with Gasteiger partial charge in [-0.3, -0.25) is 0 Å². The SMILES string of the molecule is CCc1cc(O)cc2ccoc12. The predicted molar refractivity (Wildman–Crippen MR) is 47.3 cm³/mol. The summed E-state index contributed by atoms with van der Waals surface area (Å²) < 4.78 is 5.28. The Bertz CT molecular complexity index is 401. The highest BCUT2D eigenvalue weighted by molar-refractivity contribution is 5.82. The summed E-state index contributed by atoms with van der Waals surface area (Å²) in [6.07, 6.45) is 2.52. The molecule has 62 valence electrons. The number of rotatable bonds is 1. The van der Waals surface area contributed by atoms with Crippen molar-refractivity contribution >= 4 is 11.0 Å². The Kier molecular flexibility index (Phi) is 1.54. The first-order chi connectivity index (χ1) is 5.81. The molecule has 0 saturated carbocycles. The van der Waals surface area contributed by atoms with Gasteiger partial charge in [-0.1, -0.05) is 6.92 Å². The number of benzene rings is 1. The van der Waals surface area contributed by atoms with Crippen LogP contribution in [0.2, 0.25) is 0 Å². The summed E-state index contributed by atoms with van der Waals surface area (Å²) in [6.45, 7) is 2.04. The summed E-state index contributed by atoms with van der Waals surface area (Å²) >= 11 is 0. The predicted octanol–water partition coefficient (Wildman–Crippen LogP) is 2.70. The zero-order chi connectivity index (χ0) is 8.55. The van der Waals surface area contributed by atoms with Crippen LogP contribution in [0.3, 0.4) is 0 Å². The highest BCUT2D eigenvalue weighted by Gasteiger charge is 2.04. The van der Waals surface area contributed by atoms with Crippen molar-refractivity contribution in [3.8, 4) is 5.75 Å². The Morgan fingerprint density at radius 3 is 3.00 bits per heavy atom. The third kappa shape index (κ3) is 0.961. The van der Waals surface area contributed by atoms with Crippen molar-refractivity contribution in [2.24, 2.45) is 0 Å². The van der Waals surface area contributed by atoms with E-state index in [2.05, 4.69) is 0 Å². The molecule has 2 aromatic rings. The van der Waals surface area contributed by atoms with Crippen molar-refractivity contribution < 1.29 is 9.52 Å². The van der Waals surface area contributed by atoms with E-state index in [1.54, 1.807) is 18.4 Å². The molecule has 1 aromatic carbocycles. The van der Waals surface area contributed by atoms with Gasteiger partial charge in [0.25, 0.3) is 0 Å². The van der Waals surface area contributed by atoms with E-state index in [9.17, 15) is 5.11 Å². The van der Waals surface area contributed by atoms with Crippen molar-refractivity contribution in [1.29, 1.82) is 0 Å². The Hall–Kier alpha value is -1.44. The van der Waals surface area contributed by atoms with Crippen LogP contribution < -0.4 is 0 Å². The summed E-state index contributed by atoms with van der Waals surface area (Å²) in [5.74, 6) is 0.306. The summed E-state index contributed by atoms with van der Waals surface area (Å²) in [4.78, 5) is 0. The minimum Gasteiger partial charge on any atom is -0.508 e. The molecule has 2 rings (SSSR count). The lowest BCUT2D eigenvalue weighted by Gasteiger charge is -1.98. The first kappa shape index (κ1) is 7.22. The van der Waals surface area contributed by atoms with Crippen molar-refractivity contribution in [2.45, 2.75) is 13.3 Å². The number of phenols is 1. The molecule has 0 radical (unpaired) electrons. The molecule has 0 unspecified atom stereocenters. The molecule has 0 saturated heterocycles. The molecule has 0 atom stereocenters. The molecule has 1 N–H and O–H groups in total. The first-order valence-corrected chi connectivity index (χ1v) is 4.00. The fourth-order valence-corrected chi connectivity index (χ4v) is 1.40. The second-order valence-corrected chi connectivity index (χ2v) is 2.80. The topological polar surface area (TPSA) is 33.4 Å². The molecular weight excluding hydrogens is 152 g/mol. The highest BCUT2D eigenvalue weighted by Crippen LogP contribution is 2.25. The van der Waals surface area contributed by atoms with E-state index in [4.69, 9.17) is 4.42 Å². The van der Waals surface area contributed by atoms with Crippen LogP contribution in [0.4, 0.5) is 0 Å². The van der Waals surface area contributed by atoms with E-state index in [0.29, 0.717) is 5.75 Å². The van der Waals surface area contributed by atoms with Gasteiger partial charge in [0.1, 0.15) is 11.3 Å². The van der Waals surface area contributed by atoms with E-state index in [1.165, 1.54) is 0 Å². The van der Waals surface area contributed by atoms with Crippen LogP contribution in [0.1, 0.15) is 12.5 Å². The minimum atomic E-state index is 0.306. The van der Waals surface area contributed by atoms with Gasteiger partial charge < -0.3 is 9.52 Å². The van der Waals surface area contributed by atoms with Crippen molar-refractivity contribution in [3.05, 3.63) is 30.0 Å². The third-order valence-corrected chi connectivity index (χ3v) is 1.99. The lowest BCUT2D eigenvalue weighted by molar-refractivity contribution is 0.475. The zero-order valence-corrected chi connectivity index (χ0v) is 6.87. The monoisotopic (exact) mass is 162 g/mol. The molecule has 0 aliphatic rings. The smallest absolute Gasteiger partial charge is 0.137 e. The van der Waals surface area contributed by atoms with E-state index >= 15 is 0 Å². The van der Waals surface area contributed by atoms with Crippen molar-refractivity contribution in [2.75, 3.05) is 0 Å². The van der Waals surface area contributed by atoms with Gasteiger partial charge in [-0.25, -0.2) is 0 Å². The minimum absolute atomic E-state index is 0.306. The lowest BCUT2D eigenvalue weighted by Crippen LogP contribution is -1.79. The molecule has 1 aromatic heterocycles. The van der Waals surface area contributed by atoms with Crippen LogP contribution in [-0.2, 0) is 6.42 Å². The molecule has 0 spiro atoms. The van der Waals surface area contributed by atoms with Crippen LogP contribution in [0, 0.1) is 0 Å². The molecule has 0 fully saturated rings. The average molecular weight is 162 g/mol. The Morgan fingerprint density at radius 2 is 2.25 bits per heavy atom. The maximum atomic E-state index is 9.32. The number of phenolic OH excluding ortho intramolecular Hbond substituents is 1. The van der Waals surface area contributed by atoms with E-state index < -0.39 is 0 Å². The maximum Gasteiger partial charge on any atom is 0.137 e. The van der Waals surface area contributed by atoms with E-state index in [0.717, 1.165) is 23.0 Å². The molecule has 1 heterocycles. The molecule has 2 nitrogen and oxygen atoms in total. The van der Waals surface area contributed by atoms with E-state index in [-0.39, 0.29) is 0 Å². The molecule has 0 aliphatic carbocycles. The Balaban J connectivity index is 2.80. The Morgan fingerprint density at radius 1 is 1.42 bits per heavy atom. The molecule has 2 heteroatoms. The van der Waals surface area contributed by atoms with Gasteiger partial charge in [0.05, 0.1) is 6.26 Å².